The molecule has 0 spiro atoms. The molecule has 118 valence electrons. The predicted octanol–water partition coefficient (Wildman–Crippen LogP) is 6.25. The van der Waals surface area contributed by atoms with E-state index >= 15 is 0 Å². The van der Waals surface area contributed by atoms with Crippen LogP contribution in [0.2, 0.25) is 0 Å². The molecule has 0 N–H and O–H groups in total. The van der Waals surface area contributed by atoms with E-state index in [1.807, 2.05) is 0 Å². The van der Waals surface area contributed by atoms with Crippen molar-refractivity contribution in [2.24, 2.45) is 17.3 Å². The number of hydrogen-bond acceptors (Lipinski definition) is 2. The molecule has 1 saturated carbocycles. The fraction of sp³-hybridized carbons (Fsp3) is 0.789. The molecular weight excluding hydrogens is 292 g/mol. The first-order valence-electron chi connectivity index (χ1n) is 8.59. The normalized spacial score (nSPS) is 39.2. The zero-order valence-electron chi connectivity index (χ0n) is 13.8. The van der Waals surface area contributed by atoms with Gasteiger partial charge in [-0.25, -0.2) is 0 Å². The molecule has 0 aromatic carbocycles. The number of thiol groups is 1. The van der Waals surface area contributed by atoms with Crippen molar-refractivity contribution in [3.05, 3.63) is 22.6 Å². The minimum absolute atomic E-state index is 0.491. The summed E-state index contributed by atoms with van der Waals surface area (Å²) in [6.07, 6.45) is 9.34. The molecule has 0 amide bonds. The van der Waals surface area contributed by atoms with Crippen LogP contribution in [-0.4, -0.2) is 10.5 Å². The summed E-state index contributed by atoms with van der Waals surface area (Å²) in [6, 6.07) is 0. The highest BCUT2D eigenvalue weighted by molar-refractivity contribution is 8.04. The SMILES string of the molecule is C=C(C)C1C2=C(CCC(C)(C)C2)S[C@@H]1C1CCC(S)CC1. The Morgan fingerprint density at radius 3 is 2.52 bits per heavy atom. The quantitative estimate of drug-likeness (QED) is 0.463. The maximum absolute atomic E-state index is 4.68. The van der Waals surface area contributed by atoms with Gasteiger partial charge in [0.05, 0.1) is 0 Å². The van der Waals surface area contributed by atoms with Crippen LogP contribution in [0.1, 0.15) is 65.7 Å². The second-order valence-corrected chi connectivity index (χ2v) is 10.3. The van der Waals surface area contributed by atoms with Crippen molar-refractivity contribution in [3.8, 4) is 0 Å². The number of hydrogen-bond donors (Lipinski definition) is 1. The molecule has 1 aliphatic heterocycles. The fourth-order valence-electron chi connectivity index (χ4n) is 4.54. The molecule has 1 heterocycles. The van der Waals surface area contributed by atoms with Gasteiger partial charge >= 0.3 is 0 Å². The molecule has 2 atom stereocenters. The summed E-state index contributed by atoms with van der Waals surface area (Å²) >= 11 is 6.91. The van der Waals surface area contributed by atoms with E-state index in [-0.39, 0.29) is 0 Å². The number of rotatable bonds is 2. The predicted molar refractivity (Wildman–Crippen MR) is 99.1 cm³/mol. The van der Waals surface area contributed by atoms with Crippen molar-refractivity contribution >= 4 is 24.4 Å². The molecule has 0 saturated heterocycles. The average molecular weight is 323 g/mol. The van der Waals surface area contributed by atoms with E-state index in [1.165, 1.54) is 50.5 Å². The minimum atomic E-state index is 0.491. The van der Waals surface area contributed by atoms with Crippen molar-refractivity contribution in [3.63, 3.8) is 0 Å². The fourth-order valence-corrected chi connectivity index (χ4v) is 6.73. The third-order valence-corrected chi connectivity index (χ3v) is 7.97. The molecule has 0 aromatic heterocycles. The first-order chi connectivity index (χ1) is 9.87. The van der Waals surface area contributed by atoms with Crippen LogP contribution in [0.25, 0.3) is 0 Å². The summed E-state index contributed by atoms with van der Waals surface area (Å²) in [6.45, 7) is 11.5. The monoisotopic (exact) mass is 322 g/mol. The minimum Gasteiger partial charge on any atom is -0.176 e. The lowest BCUT2D eigenvalue weighted by Gasteiger charge is -2.36. The Balaban J connectivity index is 1.80. The summed E-state index contributed by atoms with van der Waals surface area (Å²) in [5, 5.41) is 1.43. The van der Waals surface area contributed by atoms with E-state index in [9.17, 15) is 0 Å². The second kappa shape index (κ2) is 6.00. The first kappa shape index (κ1) is 16.1. The molecule has 1 unspecified atom stereocenters. The van der Waals surface area contributed by atoms with Crippen LogP contribution >= 0.6 is 24.4 Å². The van der Waals surface area contributed by atoms with Gasteiger partial charge in [0.25, 0.3) is 0 Å². The molecular formula is C19H30S2. The molecule has 3 rings (SSSR count). The third-order valence-electron chi connectivity index (χ3n) is 5.78. The van der Waals surface area contributed by atoms with Crippen LogP contribution in [-0.2, 0) is 0 Å². The van der Waals surface area contributed by atoms with Gasteiger partial charge in [0, 0.05) is 16.4 Å². The van der Waals surface area contributed by atoms with Crippen LogP contribution in [0.3, 0.4) is 0 Å². The zero-order valence-corrected chi connectivity index (χ0v) is 15.5. The molecule has 0 radical (unpaired) electrons. The van der Waals surface area contributed by atoms with Gasteiger partial charge in [-0.05, 0) is 68.1 Å². The molecule has 1 fully saturated rings. The van der Waals surface area contributed by atoms with Gasteiger partial charge in [0.15, 0.2) is 0 Å². The highest BCUT2D eigenvalue weighted by Gasteiger charge is 2.44. The summed E-state index contributed by atoms with van der Waals surface area (Å²) < 4.78 is 0. The van der Waals surface area contributed by atoms with Crippen LogP contribution in [0.5, 0.6) is 0 Å². The van der Waals surface area contributed by atoms with Crippen LogP contribution in [0, 0.1) is 17.3 Å². The van der Waals surface area contributed by atoms with Crippen LogP contribution in [0.4, 0.5) is 0 Å². The van der Waals surface area contributed by atoms with E-state index in [0.29, 0.717) is 16.6 Å². The number of thioether (sulfide) groups is 1. The van der Waals surface area contributed by atoms with E-state index in [4.69, 9.17) is 0 Å². The van der Waals surface area contributed by atoms with E-state index in [2.05, 4.69) is 51.7 Å². The zero-order chi connectivity index (χ0) is 15.2. The smallest absolute Gasteiger partial charge is 0.0222 e. The third kappa shape index (κ3) is 3.27. The van der Waals surface area contributed by atoms with Gasteiger partial charge in [-0.15, -0.1) is 11.8 Å². The Labute approximate surface area is 140 Å². The number of allylic oxidation sites excluding steroid dienone is 3. The van der Waals surface area contributed by atoms with E-state index < -0.39 is 0 Å². The van der Waals surface area contributed by atoms with Crippen molar-refractivity contribution in [1.29, 1.82) is 0 Å². The lowest BCUT2D eigenvalue weighted by molar-refractivity contribution is 0.293. The largest absolute Gasteiger partial charge is 0.176 e. The maximum atomic E-state index is 4.68. The van der Waals surface area contributed by atoms with Crippen LogP contribution in [0.15, 0.2) is 22.6 Å². The molecule has 3 aliphatic rings. The maximum Gasteiger partial charge on any atom is 0.0222 e. The molecule has 2 heteroatoms. The summed E-state index contributed by atoms with van der Waals surface area (Å²) in [4.78, 5) is 1.74. The molecule has 2 aliphatic carbocycles. The van der Waals surface area contributed by atoms with Gasteiger partial charge in [-0.2, -0.15) is 12.6 Å². The molecule has 0 nitrogen and oxygen atoms in total. The van der Waals surface area contributed by atoms with Crippen molar-refractivity contribution in [1.82, 2.24) is 0 Å². The lowest BCUT2D eigenvalue weighted by Crippen LogP contribution is -2.30. The van der Waals surface area contributed by atoms with Crippen molar-refractivity contribution in [2.45, 2.75) is 76.2 Å². The molecule has 0 bridgehead atoms. The van der Waals surface area contributed by atoms with Crippen LogP contribution < -0.4 is 0 Å². The van der Waals surface area contributed by atoms with Gasteiger partial charge in [-0.1, -0.05) is 31.6 Å². The van der Waals surface area contributed by atoms with Gasteiger partial charge < -0.3 is 0 Å². The highest BCUT2D eigenvalue weighted by Crippen LogP contribution is 2.57. The standard InChI is InChI=1S/C19H30S2/c1-12(2)17-15-11-19(3,4)10-9-16(15)21-18(17)13-5-7-14(20)8-6-13/h13-14,17-18,20H,1,5-11H2,2-4H3/t13?,14?,17?,18-/m1/s1. The lowest BCUT2D eigenvalue weighted by atomic mass is 9.70. The topological polar surface area (TPSA) is 0 Å². The summed E-state index contributed by atoms with van der Waals surface area (Å²) in [5.41, 5.74) is 3.66. The van der Waals surface area contributed by atoms with E-state index in [0.717, 1.165) is 11.2 Å². The first-order valence-corrected chi connectivity index (χ1v) is 9.99. The Hall–Kier alpha value is 0.180. The van der Waals surface area contributed by atoms with Gasteiger partial charge in [0.2, 0.25) is 0 Å². The van der Waals surface area contributed by atoms with Gasteiger partial charge in [-0.3, -0.25) is 0 Å². The average Bonchev–Trinajstić information content (AvgIpc) is 2.76. The Bertz CT molecular complexity index is 452. The van der Waals surface area contributed by atoms with Crippen molar-refractivity contribution in [2.75, 3.05) is 0 Å². The van der Waals surface area contributed by atoms with E-state index in [1.54, 1.807) is 10.5 Å². The summed E-state index contributed by atoms with van der Waals surface area (Å²) in [5.74, 6) is 1.54. The Morgan fingerprint density at radius 2 is 1.90 bits per heavy atom. The summed E-state index contributed by atoms with van der Waals surface area (Å²) in [7, 11) is 0. The molecule has 21 heavy (non-hydrogen) atoms. The second-order valence-electron chi connectivity index (χ2n) is 8.26. The highest BCUT2D eigenvalue weighted by atomic mass is 32.2. The Kier molecular flexibility index (Phi) is 4.59. The Morgan fingerprint density at radius 1 is 1.24 bits per heavy atom. The molecule has 0 aromatic rings. The van der Waals surface area contributed by atoms with Gasteiger partial charge in [0.1, 0.15) is 0 Å². The van der Waals surface area contributed by atoms with Crippen molar-refractivity contribution < 1.29 is 0 Å².